The van der Waals surface area contributed by atoms with Gasteiger partial charge in [-0.2, -0.15) is 10.2 Å². The molecule has 0 atom stereocenters. The minimum atomic E-state index is 0.454. The van der Waals surface area contributed by atoms with E-state index in [4.69, 9.17) is 0 Å². The molecule has 2 aromatic rings. The third-order valence-corrected chi connectivity index (χ3v) is 3.33. The molecule has 1 N–H and O–H groups in total. The molecular formula is C12H18IN5. The fraction of sp³-hybridized carbons (Fsp3) is 0.500. The van der Waals surface area contributed by atoms with Gasteiger partial charge in [-0.05, 0) is 29.5 Å². The molecule has 6 heteroatoms. The van der Waals surface area contributed by atoms with E-state index >= 15 is 0 Å². The summed E-state index contributed by atoms with van der Waals surface area (Å²) in [5, 5.41) is 12.3. The summed E-state index contributed by atoms with van der Waals surface area (Å²) in [5.74, 6) is 1.03. The van der Waals surface area contributed by atoms with E-state index in [9.17, 15) is 0 Å². The van der Waals surface area contributed by atoms with E-state index in [2.05, 4.69) is 52.0 Å². The molecule has 0 unspecified atom stereocenters. The van der Waals surface area contributed by atoms with Crippen molar-refractivity contribution in [3.8, 4) is 5.82 Å². The highest BCUT2D eigenvalue weighted by Gasteiger charge is 2.15. The average molecular weight is 359 g/mol. The Kier molecular flexibility index (Phi) is 4.06. The second kappa shape index (κ2) is 5.40. The molecule has 0 aliphatic rings. The maximum Gasteiger partial charge on any atom is 0.156 e. The lowest BCUT2D eigenvalue weighted by Gasteiger charge is -2.10. The number of halogens is 1. The Balaban J connectivity index is 2.39. The van der Waals surface area contributed by atoms with Crippen molar-refractivity contribution in [1.82, 2.24) is 24.9 Å². The number of nitrogens with one attached hydrogen (secondary N) is 1. The topological polar surface area (TPSA) is 47.7 Å². The second-order valence-electron chi connectivity index (χ2n) is 4.65. The summed E-state index contributed by atoms with van der Waals surface area (Å²) in [7, 11) is 1.95. The largest absolute Gasteiger partial charge is 0.310 e. The molecule has 2 heterocycles. The van der Waals surface area contributed by atoms with Crippen molar-refractivity contribution in [2.24, 2.45) is 7.05 Å². The van der Waals surface area contributed by atoms with Crippen LogP contribution in [0.2, 0.25) is 0 Å². The van der Waals surface area contributed by atoms with Gasteiger partial charge in [0.1, 0.15) is 0 Å². The van der Waals surface area contributed by atoms with Crippen LogP contribution in [0.25, 0.3) is 5.82 Å². The molecular weight excluding hydrogens is 341 g/mol. The van der Waals surface area contributed by atoms with E-state index in [1.807, 2.05) is 35.7 Å². The lowest BCUT2D eigenvalue weighted by Crippen LogP contribution is -2.23. The minimum Gasteiger partial charge on any atom is -0.310 e. The van der Waals surface area contributed by atoms with Gasteiger partial charge in [0.05, 0.1) is 15.5 Å². The zero-order valence-electron chi connectivity index (χ0n) is 11.1. The Hall–Kier alpha value is -0.890. The van der Waals surface area contributed by atoms with Crippen LogP contribution in [0.3, 0.4) is 0 Å². The molecule has 98 valence electrons. The van der Waals surface area contributed by atoms with E-state index in [1.165, 1.54) is 5.56 Å². The van der Waals surface area contributed by atoms with Gasteiger partial charge in [0.25, 0.3) is 0 Å². The first-order chi connectivity index (χ1) is 8.49. The highest BCUT2D eigenvalue weighted by Crippen LogP contribution is 2.18. The van der Waals surface area contributed by atoms with Gasteiger partial charge in [0, 0.05) is 31.4 Å². The van der Waals surface area contributed by atoms with E-state index < -0.39 is 0 Å². The van der Waals surface area contributed by atoms with E-state index in [0.717, 1.165) is 21.6 Å². The Morgan fingerprint density at radius 3 is 2.72 bits per heavy atom. The molecule has 2 aromatic heterocycles. The van der Waals surface area contributed by atoms with Gasteiger partial charge in [0.2, 0.25) is 0 Å². The van der Waals surface area contributed by atoms with Gasteiger partial charge < -0.3 is 5.32 Å². The number of nitrogens with zero attached hydrogens (tertiary/aromatic N) is 4. The number of aryl methyl sites for hydroxylation is 2. The normalized spacial score (nSPS) is 11.4. The third kappa shape index (κ3) is 2.74. The van der Waals surface area contributed by atoms with Crippen LogP contribution in [0.5, 0.6) is 0 Å². The van der Waals surface area contributed by atoms with E-state index in [0.29, 0.717) is 6.04 Å². The second-order valence-corrected chi connectivity index (χ2v) is 5.90. The number of rotatable bonds is 4. The molecule has 0 amide bonds. The standard InChI is InChI=1S/C12H18IN5/c1-8(2)14-6-11-9(3)16-17(4)12(11)18-7-10(13)5-15-18/h5,7-8,14H,6H2,1-4H3. The van der Waals surface area contributed by atoms with Crippen molar-refractivity contribution in [1.29, 1.82) is 0 Å². The highest BCUT2D eigenvalue weighted by molar-refractivity contribution is 14.1. The molecule has 0 saturated carbocycles. The van der Waals surface area contributed by atoms with Gasteiger partial charge in [0.15, 0.2) is 5.82 Å². The van der Waals surface area contributed by atoms with Gasteiger partial charge in [-0.15, -0.1) is 0 Å². The fourth-order valence-electron chi connectivity index (χ4n) is 1.91. The Morgan fingerprint density at radius 1 is 1.44 bits per heavy atom. The quantitative estimate of drug-likeness (QED) is 0.850. The van der Waals surface area contributed by atoms with Crippen LogP contribution < -0.4 is 5.32 Å². The van der Waals surface area contributed by atoms with Gasteiger partial charge >= 0.3 is 0 Å². The first kappa shape index (κ1) is 13.5. The molecule has 18 heavy (non-hydrogen) atoms. The molecule has 0 spiro atoms. The zero-order valence-corrected chi connectivity index (χ0v) is 13.3. The SMILES string of the molecule is Cc1nn(C)c(-n2cc(I)cn2)c1CNC(C)C. The summed E-state index contributed by atoms with van der Waals surface area (Å²) < 4.78 is 4.89. The van der Waals surface area contributed by atoms with Crippen LogP contribution >= 0.6 is 22.6 Å². The monoisotopic (exact) mass is 359 g/mol. The summed E-state index contributed by atoms with van der Waals surface area (Å²) in [6, 6.07) is 0.454. The molecule has 2 rings (SSSR count). The Morgan fingerprint density at radius 2 is 2.17 bits per heavy atom. The van der Waals surface area contributed by atoms with Crippen molar-refractivity contribution < 1.29 is 0 Å². The molecule has 5 nitrogen and oxygen atoms in total. The van der Waals surface area contributed by atoms with Crippen molar-refractivity contribution in [3.05, 3.63) is 27.2 Å². The molecule has 0 aliphatic heterocycles. The Bertz CT molecular complexity index is 541. The van der Waals surface area contributed by atoms with Crippen molar-refractivity contribution >= 4 is 22.6 Å². The molecule has 0 bridgehead atoms. The summed E-state index contributed by atoms with van der Waals surface area (Å²) in [5.41, 5.74) is 2.25. The number of hydrogen-bond acceptors (Lipinski definition) is 3. The van der Waals surface area contributed by atoms with Crippen LogP contribution in [-0.4, -0.2) is 25.6 Å². The summed E-state index contributed by atoms with van der Waals surface area (Å²) >= 11 is 2.26. The van der Waals surface area contributed by atoms with E-state index in [1.54, 1.807) is 0 Å². The van der Waals surface area contributed by atoms with Crippen LogP contribution in [0.15, 0.2) is 12.4 Å². The average Bonchev–Trinajstić information content (AvgIpc) is 2.79. The van der Waals surface area contributed by atoms with Crippen LogP contribution in [0.4, 0.5) is 0 Å². The third-order valence-electron chi connectivity index (χ3n) is 2.77. The van der Waals surface area contributed by atoms with Gasteiger partial charge in [-0.3, -0.25) is 4.68 Å². The van der Waals surface area contributed by atoms with Crippen LogP contribution in [0, 0.1) is 10.5 Å². The number of aromatic nitrogens is 4. The first-order valence-corrected chi connectivity index (χ1v) is 7.03. The molecule has 0 saturated heterocycles. The molecule has 0 fully saturated rings. The maximum absolute atomic E-state index is 4.49. The zero-order chi connectivity index (χ0) is 13.3. The summed E-state index contributed by atoms with van der Waals surface area (Å²) in [6.07, 6.45) is 3.86. The molecule has 0 radical (unpaired) electrons. The Labute approximate surface area is 121 Å². The van der Waals surface area contributed by atoms with Crippen molar-refractivity contribution in [3.63, 3.8) is 0 Å². The minimum absolute atomic E-state index is 0.454. The van der Waals surface area contributed by atoms with Crippen molar-refractivity contribution in [2.75, 3.05) is 0 Å². The molecule has 0 aromatic carbocycles. The van der Waals surface area contributed by atoms with Crippen molar-refractivity contribution in [2.45, 2.75) is 33.4 Å². The van der Waals surface area contributed by atoms with E-state index in [-0.39, 0.29) is 0 Å². The summed E-state index contributed by atoms with van der Waals surface area (Å²) in [4.78, 5) is 0. The predicted molar refractivity (Wildman–Crippen MR) is 79.8 cm³/mol. The van der Waals surface area contributed by atoms with Crippen LogP contribution in [0.1, 0.15) is 25.1 Å². The smallest absolute Gasteiger partial charge is 0.156 e. The lowest BCUT2D eigenvalue weighted by atomic mass is 10.2. The van der Waals surface area contributed by atoms with Gasteiger partial charge in [-0.1, -0.05) is 13.8 Å². The molecule has 0 aliphatic carbocycles. The number of hydrogen-bond donors (Lipinski definition) is 1. The first-order valence-electron chi connectivity index (χ1n) is 5.95. The maximum atomic E-state index is 4.49. The lowest BCUT2D eigenvalue weighted by molar-refractivity contribution is 0.584. The summed E-state index contributed by atoms with van der Waals surface area (Å²) in [6.45, 7) is 7.13. The fourth-order valence-corrected chi connectivity index (χ4v) is 2.29. The van der Waals surface area contributed by atoms with Crippen LogP contribution in [-0.2, 0) is 13.6 Å². The van der Waals surface area contributed by atoms with Gasteiger partial charge in [-0.25, -0.2) is 4.68 Å². The predicted octanol–water partition coefficient (Wildman–Crippen LogP) is 2.02. The highest BCUT2D eigenvalue weighted by atomic mass is 127.